The number of rotatable bonds is 14. The smallest absolute Gasteiger partial charge is 0.373 e. The first kappa shape index (κ1) is 52.8. The average Bonchev–Trinajstić information content (AvgIpc) is 3.93. The Morgan fingerprint density at radius 1 is 0.691 bits per heavy atom. The largest absolute Gasteiger partial charge is 0.479 e. The Bertz CT molecular complexity index is 2430. The number of hydrogen-bond donors (Lipinski definition) is 7. The molecule has 2 aliphatic rings. The van der Waals surface area contributed by atoms with Gasteiger partial charge in [0.25, 0.3) is 0 Å². The second kappa shape index (κ2) is 25.8. The number of aliphatic hydroxyl groups excluding tert-OH is 2. The van der Waals surface area contributed by atoms with Gasteiger partial charge in [-0.05, 0) is 179 Å². The van der Waals surface area contributed by atoms with Gasteiger partial charge in [0.2, 0.25) is 11.9 Å². The Balaban J connectivity index is 0.000000212. The zero-order valence-corrected chi connectivity index (χ0v) is 40.9. The Morgan fingerprint density at radius 3 is 1.40 bits per heavy atom. The maximum atomic E-state index is 9.52. The van der Waals surface area contributed by atoms with E-state index in [-0.39, 0.29) is 6.15 Å². The number of aliphatic hydroxyl groups is 2. The minimum Gasteiger partial charge on any atom is -0.479 e. The number of piperidine rings is 2. The summed E-state index contributed by atoms with van der Waals surface area (Å²) in [6.07, 6.45) is 12.6. The summed E-state index contributed by atoms with van der Waals surface area (Å²) in [7, 11) is 4.43. The number of aliphatic carboxylic acids is 1. The number of aromatic nitrogens is 8. The van der Waals surface area contributed by atoms with E-state index in [0.717, 1.165) is 81.2 Å². The molecule has 4 aromatic heterocycles. The van der Waals surface area contributed by atoms with E-state index in [1.807, 2.05) is 26.2 Å². The summed E-state index contributed by atoms with van der Waals surface area (Å²) < 4.78 is 0. The molecule has 68 heavy (non-hydrogen) atoms. The van der Waals surface area contributed by atoms with Crippen molar-refractivity contribution >= 4 is 46.1 Å². The zero-order chi connectivity index (χ0) is 49.3. The lowest BCUT2D eigenvalue weighted by atomic mass is 9.92. The number of carboxylic acids is 1. The highest BCUT2D eigenvalue weighted by Gasteiger charge is 2.18. The van der Waals surface area contributed by atoms with Crippen LogP contribution in [0.25, 0.3) is 44.8 Å². The fourth-order valence-electron chi connectivity index (χ4n) is 8.73. The fraction of sp³-hybridized carbons (Fsp3) is 0.520. The van der Waals surface area contributed by atoms with Crippen molar-refractivity contribution in [1.29, 1.82) is 0 Å². The summed E-state index contributed by atoms with van der Waals surface area (Å²) in [6.45, 7) is 18.5. The van der Waals surface area contributed by atoms with Crippen molar-refractivity contribution < 1.29 is 29.7 Å². The summed E-state index contributed by atoms with van der Waals surface area (Å²) in [5.41, 5.74) is 12.8. The summed E-state index contributed by atoms with van der Waals surface area (Å²) in [4.78, 5) is 65.5. The number of H-pyrrole nitrogens is 2. The van der Waals surface area contributed by atoms with E-state index in [0.29, 0.717) is 11.9 Å². The van der Waals surface area contributed by atoms with E-state index in [1.165, 1.54) is 99.8 Å². The second-order valence-electron chi connectivity index (χ2n) is 18.3. The maximum absolute atomic E-state index is 9.52. The maximum Gasteiger partial charge on any atom is 0.373 e. The van der Waals surface area contributed by atoms with Crippen molar-refractivity contribution in [2.24, 2.45) is 11.8 Å². The minimum atomic E-state index is -1.63. The molecule has 0 radical (unpaired) electrons. The topological polar surface area (TPSA) is 251 Å². The molecular weight excluding hydrogens is 865 g/mol. The van der Waals surface area contributed by atoms with Crippen LogP contribution in [0.5, 0.6) is 0 Å². The standard InChI is InChI=1S/2C23H32N6.C3H6O4.CO2/c2*1-15-12-16(2)21-20(13-15)27-22(28-21)19-14-25-23(26-17(19)3)24-9-5-6-18-7-10-29(4)11-8-18;4-1-2(5)3(6)7;2-1-3/h2*12-14,18H,5-11H2,1-4H3,(H,27,28)(H,24,25,26);2,4-5H,1H2,(H,6,7);/t;;2-;/m..1./s1. The highest BCUT2D eigenvalue weighted by molar-refractivity contribution is 5.84. The first-order valence-electron chi connectivity index (χ1n) is 23.6. The number of likely N-dealkylation sites (tertiary alicyclic amines) is 2. The van der Waals surface area contributed by atoms with Crippen LogP contribution in [0.1, 0.15) is 85.0 Å². The van der Waals surface area contributed by atoms with E-state index in [9.17, 15) is 4.79 Å². The summed E-state index contributed by atoms with van der Waals surface area (Å²) in [5, 5.41) is 30.5. The number of carbonyl (C=O) groups excluding carboxylic acids is 2. The molecule has 18 nitrogen and oxygen atoms in total. The number of hydrogen-bond acceptors (Lipinski definition) is 15. The number of anilines is 2. The van der Waals surface area contributed by atoms with E-state index >= 15 is 0 Å². The molecular formula is C50H70N12O6. The van der Waals surface area contributed by atoms with Gasteiger partial charge in [0.1, 0.15) is 11.6 Å². The number of benzene rings is 2. The number of nitrogens with zero attached hydrogens (tertiary/aromatic N) is 8. The first-order chi connectivity index (χ1) is 32.6. The zero-order valence-electron chi connectivity index (χ0n) is 40.9. The Kier molecular flexibility index (Phi) is 20.0. The highest BCUT2D eigenvalue weighted by atomic mass is 16.4. The molecule has 366 valence electrons. The molecule has 2 fully saturated rings. The third kappa shape index (κ3) is 15.4. The molecule has 0 aliphatic carbocycles. The molecule has 0 saturated carbocycles. The molecule has 0 unspecified atom stereocenters. The van der Waals surface area contributed by atoms with Crippen molar-refractivity contribution in [2.75, 3.05) is 70.6 Å². The van der Waals surface area contributed by atoms with E-state index < -0.39 is 18.7 Å². The number of aryl methyl sites for hydroxylation is 6. The van der Waals surface area contributed by atoms with Gasteiger partial charge >= 0.3 is 12.1 Å². The Hall–Kier alpha value is -6.17. The molecule has 0 amide bonds. The second-order valence-corrected chi connectivity index (χ2v) is 18.3. The fourth-order valence-corrected chi connectivity index (χ4v) is 8.73. The predicted molar refractivity (Wildman–Crippen MR) is 264 cm³/mol. The molecule has 8 rings (SSSR count). The van der Waals surface area contributed by atoms with Crippen LogP contribution in [0.2, 0.25) is 0 Å². The Morgan fingerprint density at radius 2 is 1.07 bits per heavy atom. The van der Waals surface area contributed by atoms with Crippen LogP contribution in [0.3, 0.4) is 0 Å². The van der Waals surface area contributed by atoms with Crippen LogP contribution in [-0.2, 0) is 14.4 Å². The lowest BCUT2D eigenvalue weighted by Gasteiger charge is -2.28. The van der Waals surface area contributed by atoms with Gasteiger partial charge in [0, 0.05) is 25.5 Å². The van der Waals surface area contributed by atoms with Gasteiger partial charge < -0.3 is 45.7 Å². The normalized spacial score (nSPS) is 15.0. The highest BCUT2D eigenvalue weighted by Crippen LogP contribution is 2.28. The van der Waals surface area contributed by atoms with Gasteiger partial charge in [-0.3, -0.25) is 0 Å². The number of carbonyl (C=O) groups is 1. The molecule has 2 aromatic carbocycles. The molecule has 2 aliphatic heterocycles. The van der Waals surface area contributed by atoms with Crippen molar-refractivity contribution in [1.82, 2.24) is 49.7 Å². The van der Waals surface area contributed by atoms with Gasteiger partial charge in [-0.1, -0.05) is 12.1 Å². The third-order valence-electron chi connectivity index (χ3n) is 12.6. The summed E-state index contributed by atoms with van der Waals surface area (Å²) >= 11 is 0. The van der Waals surface area contributed by atoms with Crippen LogP contribution in [-0.4, -0.2) is 143 Å². The number of aromatic amines is 2. The summed E-state index contributed by atoms with van der Waals surface area (Å²) in [6, 6.07) is 8.59. The van der Waals surface area contributed by atoms with Crippen molar-refractivity contribution in [3.63, 3.8) is 0 Å². The van der Waals surface area contributed by atoms with Crippen LogP contribution in [0.15, 0.2) is 36.7 Å². The lowest BCUT2D eigenvalue weighted by Crippen LogP contribution is -2.30. The molecule has 6 heterocycles. The monoisotopic (exact) mass is 935 g/mol. The van der Waals surface area contributed by atoms with E-state index in [2.05, 4.69) is 116 Å². The van der Waals surface area contributed by atoms with Crippen molar-refractivity contribution in [3.8, 4) is 22.8 Å². The van der Waals surface area contributed by atoms with Crippen molar-refractivity contribution in [2.45, 2.75) is 99.0 Å². The number of nitrogens with one attached hydrogen (secondary N) is 4. The van der Waals surface area contributed by atoms with Crippen LogP contribution < -0.4 is 10.6 Å². The van der Waals surface area contributed by atoms with Gasteiger partial charge in [-0.25, -0.2) is 34.7 Å². The van der Waals surface area contributed by atoms with Crippen LogP contribution in [0, 0.1) is 53.4 Å². The van der Waals surface area contributed by atoms with Crippen LogP contribution in [0.4, 0.5) is 11.9 Å². The average molecular weight is 935 g/mol. The van der Waals surface area contributed by atoms with E-state index in [1.54, 1.807) is 0 Å². The van der Waals surface area contributed by atoms with Gasteiger partial charge in [0.05, 0.1) is 51.2 Å². The minimum absolute atomic E-state index is 0.250. The number of imidazole rings is 2. The van der Waals surface area contributed by atoms with Gasteiger partial charge in [0.15, 0.2) is 6.10 Å². The molecule has 18 heteroatoms. The SMILES string of the molecule is Cc1cc(C)c2nc(-c3cnc(NCCCC4CCN(C)CC4)nc3C)[nH]c2c1.Cc1cc(C)c2nc(-c3cnc(NCCCC4CCN(C)CC4)nc3C)[nH]c2c1.O=C(O)[C@H](O)CO.O=C=O. The number of carboxylic acid groups (broad SMARTS) is 1. The molecule has 1 atom stereocenters. The first-order valence-corrected chi connectivity index (χ1v) is 23.6. The lowest BCUT2D eigenvalue weighted by molar-refractivity contribution is -0.191. The van der Waals surface area contributed by atoms with Gasteiger partial charge in [-0.2, -0.15) is 9.59 Å². The molecule has 0 bridgehead atoms. The summed E-state index contributed by atoms with van der Waals surface area (Å²) in [5.74, 6) is 3.43. The van der Waals surface area contributed by atoms with Gasteiger partial charge in [-0.15, -0.1) is 0 Å². The predicted octanol–water partition coefficient (Wildman–Crippen LogP) is 6.80. The number of fused-ring (bicyclic) bond motifs is 2. The Labute approximate surface area is 398 Å². The van der Waals surface area contributed by atoms with E-state index in [4.69, 9.17) is 34.9 Å². The van der Waals surface area contributed by atoms with Crippen LogP contribution >= 0.6 is 0 Å². The van der Waals surface area contributed by atoms with Crippen molar-refractivity contribution in [3.05, 3.63) is 70.3 Å². The quantitative estimate of drug-likeness (QED) is 0.0555. The molecule has 6 aromatic rings. The molecule has 0 spiro atoms. The third-order valence-corrected chi connectivity index (χ3v) is 12.6. The molecule has 7 N–H and O–H groups in total. The molecule has 2 saturated heterocycles.